The standard InChI is InChI=1S/C15H17N3O3/c1-11(9-16)17-4-6-18(7-5-17)15(19)12-2-3-13-14(8-12)21-10-20-13/h2-3,8,11H,4-7,10H2,1H3. The second-order valence-electron chi connectivity index (χ2n) is 5.20. The van der Waals surface area contributed by atoms with Crippen LogP contribution in [0, 0.1) is 11.3 Å². The van der Waals surface area contributed by atoms with Crippen LogP contribution in [0.4, 0.5) is 0 Å². The van der Waals surface area contributed by atoms with Crippen LogP contribution in [0.3, 0.4) is 0 Å². The Labute approximate surface area is 123 Å². The molecule has 0 N–H and O–H groups in total. The molecule has 0 saturated carbocycles. The van der Waals surface area contributed by atoms with Crippen LogP contribution < -0.4 is 9.47 Å². The van der Waals surface area contributed by atoms with Crippen molar-refractivity contribution in [1.82, 2.24) is 9.80 Å². The number of hydrogen-bond donors (Lipinski definition) is 0. The molecule has 2 aliphatic rings. The van der Waals surface area contributed by atoms with Crippen LogP contribution in [0.15, 0.2) is 18.2 Å². The van der Waals surface area contributed by atoms with E-state index in [0.29, 0.717) is 30.2 Å². The molecule has 2 aliphatic heterocycles. The molecule has 3 rings (SSSR count). The Balaban J connectivity index is 1.66. The van der Waals surface area contributed by atoms with Crippen LogP contribution in [0.2, 0.25) is 0 Å². The van der Waals surface area contributed by atoms with Crippen LogP contribution in [-0.2, 0) is 0 Å². The molecule has 0 aliphatic carbocycles. The molecule has 0 radical (unpaired) electrons. The molecule has 0 spiro atoms. The van der Waals surface area contributed by atoms with Crippen molar-refractivity contribution in [2.45, 2.75) is 13.0 Å². The van der Waals surface area contributed by atoms with Crippen molar-refractivity contribution in [2.24, 2.45) is 0 Å². The molecule has 1 saturated heterocycles. The van der Waals surface area contributed by atoms with Crippen molar-refractivity contribution < 1.29 is 14.3 Å². The van der Waals surface area contributed by atoms with Gasteiger partial charge in [-0.3, -0.25) is 9.69 Å². The number of benzene rings is 1. The highest BCUT2D eigenvalue weighted by Crippen LogP contribution is 2.32. The molecule has 0 bridgehead atoms. The van der Waals surface area contributed by atoms with Gasteiger partial charge in [0.05, 0.1) is 12.1 Å². The Morgan fingerprint density at radius 3 is 2.67 bits per heavy atom. The summed E-state index contributed by atoms with van der Waals surface area (Å²) in [7, 11) is 0. The van der Waals surface area contributed by atoms with E-state index in [2.05, 4.69) is 11.0 Å². The Bertz CT molecular complexity index is 588. The molecule has 1 aromatic carbocycles. The number of carbonyl (C=O) groups excluding carboxylic acids is 1. The summed E-state index contributed by atoms with van der Waals surface area (Å²) in [4.78, 5) is 16.4. The Morgan fingerprint density at radius 1 is 1.24 bits per heavy atom. The number of ether oxygens (including phenoxy) is 2. The highest BCUT2D eigenvalue weighted by molar-refractivity contribution is 5.95. The smallest absolute Gasteiger partial charge is 0.254 e. The van der Waals surface area contributed by atoms with Gasteiger partial charge in [0.15, 0.2) is 11.5 Å². The fourth-order valence-corrected chi connectivity index (χ4v) is 2.61. The summed E-state index contributed by atoms with van der Waals surface area (Å²) < 4.78 is 10.5. The molecule has 21 heavy (non-hydrogen) atoms. The Kier molecular flexibility index (Phi) is 3.67. The molecule has 1 unspecified atom stereocenters. The van der Waals surface area contributed by atoms with Gasteiger partial charge in [0.25, 0.3) is 5.91 Å². The van der Waals surface area contributed by atoms with Gasteiger partial charge in [0.1, 0.15) is 0 Å². The van der Waals surface area contributed by atoms with Crippen molar-refractivity contribution >= 4 is 5.91 Å². The van der Waals surface area contributed by atoms with Crippen LogP contribution in [-0.4, -0.2) is 54.7 Å². The van der Waals surface area contributed by atoms with Crippen molar-refractivity contribution in [2.75, 3.05) is 33.0 Å². The number of piperazine rings is 1. The van der Waals surface area contributed by atoms with E-state index in [1.807, 2.05) is 11.8 Å². The predicted molar refractivity (Wildman–Crippen MR) is 75.1 cm³/mol. The number of amides is 1. The molecule has 2 heterocycles. The SMILES string of the molecule is CC(C#N)N1CCN(C(=O)c2ccc3c(c2)OCO3)CC1. The lowest BCUT2D eigenvalue weighted by atomic mass is 10.1. The molecule has 0 aromatic heterocycles. The molecule has 110 valence electrons. The topological polar surface area (TPSA) is 65.8 Å². The number of hydrogen-bond acceptors (Lipinski definition) is 5. The van der Waals surface area contributed by atoms with Gasteiger partial charge in [-0.1, -0.05) is 0 Å². The first-order chi connectivity index (χ1) is 10.2. The van der Waals surface area contributed by atoms with Crippen molar-refractivity contribution in [1.29, 1.82) is 5.26 Å². The van der Waals surface area contributed by atoms with E-state index < -0.39 is 0 Å². The highest BCUT2D eigenvalue weighted by atomic mass is 16.7. The first-order valence-electron chi connectivity index (χ1n) is 7.01. The minimum atomic E-state index is -0.104. The van der Waals surface area contributed by atoms with Crippen LogP contribution >= 0.6 is 0 Å². The first kappa shape index (κ1) is 13.7. The third kappa shape index (κ3) is 2.65. The zero-order chi connectivity index (χ0) is 14.8. The predicted octanol–water partition coefficient (Wildman–Crippen LogP) is 1.09. The number of carbonyl (C=O) groups is 1. The molecule has 6 heteroatoms. The Hall–Kier alpha value is -2.26. The average molecular weight is 287 g/mol. The molecule has 1 aromatic rings. The Morgan fingerprint density at radius 2 is 1.95 bits per heavy atom. The van der Waals surface area contributed by atoms with Gasteiger partial charge < -0.3 is 14.4 Å². The maximum Gasteiger partial charge on any atom is 0.254 e. The van der Waals surface area contributed by atoms with Crippen LogP contribution in [0.5, 0.6) is 11.5 Å². The lowest BCUT2D eigenvalue weighted by molar-refractivity contribution is 0.0615. The lowest BCUT2D eigenvalue weighted by Gasteiger charge is -2.35. The summed E-state index contributed by atoms with van der Waals surface area (Å²) in [6, 6.07) is 7.39. The largest absolute Gasteiger partial charge is 0.454 e. The van der Waals surface area contributed by atoms with E-state index in [4.69, 9.17) is 14.7 Å². The molecular weight excluding hydrogens is 270 g/mol. The number of rotatable bonds is 2. The second-order valence-corrected chi connectivity index (χ2v) is 5.20. The monoisotopic (exact) mass is 287 g/mol. The maximum atomic E-state index is 12.5. The minimum Gasteiger partial charge on any atom is -0.454 e. The summed E-state index contributed by atoms with van der Waals surface area (Å²) in [5.74, 6) is 1.30. The van der Waals surface area contributed by atoms with E-state index in [1.54, 1.807) is 18.2 Å². The third-order valence-electron chi connectivity index (χ3n) is 3.96. The van der Waals surface area contributed by atoms with Crippen molar-refractivity contribution in [3.05, 3.63) is 23.8 Å². The van der Waals surface area contributed by atoms with E-state index in [1.165, 1.54) is 0 Å². The van der Waals surface area contributed by atoms with E-state index in [-0.39, 0.29) is 18.7 Å². The van der Waals surface area contributed by atoms with Gasteiger partial charge in [0, 0.05) is 31.7 Å². The quantitative estimate of drug-likeness (QED) is 0.814. The lowest BCUT2D eigenvalue weighted by Crippen LogP contribution is -2.51. The van der Waals surface area contributed by atoms with Crippen molar-refractivity contribution in [3.8, 4) is 17.6 Å². The van der Waals surface area contributed by atoms with E-state index in [9.17, 15) is 4.79 Å². The zero-order valence-electron chi connectivity index (χ0n) is 11.9. The molecule has 1 amide bonds. The van der Waals surface area contributed by atoms with Gasteiger partial charge in [-0.2, -0.15) is 5.26 Å². The van der Waals surface area contributed by atoms with E-state index >= 15 is 0 Å². The number of nitriles is 1. The van der Waals surface area contributed by atoms with Gasteiger partial charge in [0.2, 0.25) is 6.79 Å². The molecule has 1 fully saturated rings. The fraction of sp³-hybridized carbons (Fsp3) is 0.467. The molecular formula is C15H17N3O3. The second kappa shape index (κ2) is 5.62. The van der Waals surface area contributed by atoms with Crippen molar-refractivity contribution in [3.63, 3.8) is 0 Å². The average Bonchev–Trinajstić information content (AvgIpc) is 3.01. The van der Waals surface area contributed by atoms with Gasteiger partial charge in [-0.05, 0) is 25.1 Å². The summed E-state index contributed by atoms with van der Waals surface area (Å²) in [6.45, 7) is 4.82. The maximum absolute atomic E-state index is 12.5. The van der Waals surface area contributed by atoms with Crippen LogP contribution in [0.1, 0.15) is 17.3 Å². The van der Waals surface area contributed by atoms with Gasteiger partial charge >= 0.3 is 0 Å². The normalized spacial score (nSPS) is 19.1. The number of fused-ring (bicyclic) bond motifs is 1. The zero-order valence-corrected chi connectivity index (χ0v) is 11.9. The van der Waals surface area contributed by atoms with Gasteiger partial charge in [-0.15, -0.1) is 0 Å². The molecule has 6 nitrogen and oxygen atoms in total. The summed E-state index contributed by atoms with van der Waals surface area (Å²) in [6.07, 6.45) is 0. The fourth-order valence-electron chi connectivity index (χ4n) is 2.61. The molecule has 1 atom stereocenters. The van der Waals surface area contributed by atoms with Gasteiger partial charge in [-0.25, -0.2) is 0 Å². The first-order valence-corrected chi connectivity index (χ1v) is 7.01. The summed E-state index contributed by atoms with van der Waals surface area (Å²) in [5.41, 5.74) is 0.612. The minimum absolute atomic E-state index is 0.00226. The highest BCUT2D eigenvalue weighted by Gasteiger charge is 2.25. The van der Waals surface area contributed by atoms with Crippen LogP contribution in [0.25, 0.3) is 0 Å². The summed E-state index contributed by atoms with van der Waals surface area (Å²) >= 11 is 0. The third-order valence-corrected chi connectivity index (χ3v) is 3.96. The summed E-state index contributed by atoms with van der Waals surface area (Å²) in [5, 5.41) is 8.93. The number of nitrogens with zero attached hydrogens (tertiary/aromatic N) is 3. The van der Waals surface area contributed by atoms with E-state index in [0.717, 1.165) is 13.1 Å².